The second-order valence-electron chi connectivity index (χ2n) is 9.54. The molecule has 5 nitrogen and oxygen atoms in total. The molecule has 1 aromatic heterocycles. The van der Waals surface area contributed by atoms with Crippen LogP contribution in [-0.2, 0) is 6.61 Å². The standard InChI is InChI=1S/C34H26BrClN2O3/c1-21-4-10-25(11-5-21)31-28(18-37)34(41-32(31)26-12-6-22(2)7-13-26)38-19-24-16-29(35)33(30(17-24)39-3)40-20-23-8-14-27(36)15-9-23/h4-17,19H,20H2,1-3H3. The largest absolute Gasteiger partial charge is 0.493 e. The molecule has 5 aromatic rings. The Hall–Kier alpha value is -4.31. The number of hydrogen-bond acceptors (Lipinski definition) is 5. The number of benzene rings is 4. The van der Waals surface area contributed by atoms with Crippen LogP contribution >= 0.6 is 27.5 Å². The number of hydrogen-bond donors (Lipinski definition) is 0. The highest BCUT2D eigenvalue weighted by atomic mass is 79.9. The Morgan fingerprint density at radius 2 is 1.56 bits per heavy atom. The molecule has 0 fully saturated rings. The highest BCUT2D eigenvalue weighted by Crippen LogP contribution is 2.43. The monoisotopic (exact) mass is 624 g/mol. The molecule has 0 saturated carbocycles. The van der Waals surface area contributed by atoms with E-state index in [2.05, 4.69) is 27.0 Å². The number of aryl methyl sites for hydroxylation is 2. The van der Waals surface area contributed by atoms with Gasteiger partial charge in [0.1, 0.15) is 24.0 Å². The van der Waals surface area contributed by atoms with E-state index >= 15 is 0 Å². The molecule has 0 radical (unpaired) electrons. The van der Waals surface area contributed by atoms with Gasteiger partial charge in [-0.1, -0.05) is 83.4 Å². The van der Waals surface area contributed by atoms with Crippen LogP contribution in [0.2, 0.25) is 5.02 Å². The third-order valence-electron chi connectivity index (χ3n) is 6.53. The van der Waals surface area contributed by atoms with Gasteiger partial charge in [0, 0.05) is 22.4 Å². The Bertz CT molecular complexity index is 1750. The molecular weight excluding hydrogens is 600 g/mol. The number of ether oxygens (including phenoxy) is 2. The van der Waals surface area contributed by atoms with Gasteiger partial charge in [0.25, 0.3) is 0 Å². The van der Waals surface area contributed by atoms with E-state index < -0.39 is 0 Å². The van der Waals surface area contributed by atoms with E-state index in [0.29, 0.717) is 44.5 Å². The summed E-state index contributed by atoms with van der Waals surface area (Å²) in [5.41, 5.74) is 6.83. The quantitative estimate of drug-likeness (QED) is 0.161. The molecule has 0 aliphatic heterocycles. The van der Waals surface area contributed by atoms with Crippen molar-refractivity contribution in [2.45, 2.75) is 20.5 Å². The maximum atomic E-state index is 10.2. The van der Waals surface area contributed by atoms with Crippen molar-refractivity contribution < 1.29 is 13.9 Å². The molecule has 5 rings (SSSR count). The summed E-state index contributed by atoms with van der Waals surface area (Å²) in [4.78, 5) is 4.62. The Balaban J connectivity index is 1.50. The molecule has 1 heterocycles. The van der Waals surface area contributed by atoms with E-state index in [1.165, 1.54) is 0 Å². The molecule has 0 atom stereocenters. The average Bonchev–Trinajstić information content (AvgIpc) is 3.35. The van der Waals surface area contributed by atoms with Crippen molar-refractivity contribution in [1.82, 2.24) is 0 Å². The van der Waals surface area contributed by atoms with Crippen molar-refractivity contribution in [3.8, 4) is 40.0 Å². The lowest BCUT2D eigenvalue weighted by atomic mass is 9.97. The van der Waals surface area contributed by atoms with E-state index in [4.69, 9.17) is 25.5 Å². The second kappa shape index (κ2) is 12.5. The third kappa shape index (κ3) is 6.38. The number of aliphatic imine (C=N–C) groups is 1. The van der Waals surface area contributed by atoms with Crippen molar-refractivity contribution in [3.63, 3.8) is 0 Å². The van der Waals surface area contributed by atoms with Gasteiger partial charge in [-0.2, -0.15) is 5.26 Å². The van der Waals surface area contributed by atoms with Gasteiger partial charge in [-0.25, -0.2) is 4.99 Å². The minimum Gasteiger partial charge on any atom is -0.493 e. The highest BCUT2D eigenvalue weighted by Gasteiger charge is 2.23. The Kier molecular flexibility index (Phi) is 8.58. The van der Waals surface area contributed by atoms with Crippen LogP contribution in [0.15, 0.2) is 98.8 Å². The Labute approximate surface area is 252 Å². The smallest absolute Gasteiger partial charge is 0.238 e. The third-order valence-corrected chi connectivity index (χ3v) is 7.38. The number of furan rings is 1. The fourth-order valence-corrected chi connectivity index (χ4v) is 5.04. The van der Waals surface area contributed by atoms with Crippen molar-refractivity contribution >= 4 is 39.6 Å². The van der Waals surface area contributed by atoms with Gasteiger partial charge in [-0.15, -0.1) is 0 Å². The molecule has 0 spiro atoms. The zero-order chi connectivity index (χ0) is 28.9. The van der Waals surface area contributed by atoms with E-state index in [1.807, 2.05) is 98.8 Å². The fourth-order valence-electron chi connectivity index (χ4n) is 4.34. The van der Waals surface area contributed by atoms with Gasteiger partial charge in [0.05, 0.1) is 11.6 Å². The number of nitriles is 1. The van der Waals surface area contributed by atoms with Crippen molar-refractivity contribution in [3.05, 3.63) is 122 Å². The van der Waals surface area contributed by atoms with Gasteiger partial charge in [0.15, 0.2) is 11.5 Å². The minimum absolute atomic E-state index is 0.233. The summed E-state index contributed by atoms with van der Waals surface area (Å²) in [6, 6.07) is 29.5. The first kappa shape index (κ1) is 28.2. The van der Waals surface area contributed by atoms with Crippen LogP contribution in [0.25, 0.3) is 22.5 Å². The highest BCUT2D eigenvalue weighted by molar-refractivity contribution is 9.10. The topological polar surface area (TPSA) is 67.8 Å². The second-order valence-corrected chi connectivity index (χ2v) is 10.8. The van der Waals surface area contributed by atoms with E-state index in [1.54, 1.807) is 13.3 Å². The fraction of sp³-hybridized carbons (Fsp3) is 0.118. The molecule has 0 unspecified atom stereocenters. The molecule has 7 heteroatoms. The SMILES string of the molecule is COc1cc(C=Nc2oc(-c3ccc(C)cc3)c(-c3ccc(C)cc3)c2C#N)cc(Br)c1OCc1ccc(Cl)cc1. The van der Waals surface area contributed by atoms with Crippen LogP contribution < -0.4 is 9.47 Å². The van der Waals surface area contributed by atoms with Gasteiger partial charge >= 0.3 is 0 Å². The zero-order valence-corrected chi connectivity index (χ0v) is 25.1. The normalized spacial score (nSPS) is 11.0. The lowest BCUT2D eigenvalue weighted by Gasteiger charge is -2.13. The van der Waals surface area contributed by atoms with E-state index in [-0.39, 0.29) is 5.88 Å². The van der Waals surface area contributed by atoms with Crippen LogP contribution in [0.4, 0.5) is 5.88 Å². The molecule has 204 valence electrons. The lowest BCUT2D eigenvalue weighted by molar-refractivity contribution is 0.282. The van der Waals surface area contributed by atoms with Crippen LogP contribution in [0.3, 0.4) is 0 Å². The predicted molar refractivity (Wildman–Crippen MR) is 168 cm³/mol. The molecule has 41 heavy (non-hydrogen) atoms. The van der Waals surface area contributed by atoms with Gasteiger partial charge in [-0.3, -0.25) is 0 Å². The summed E-state index contributed by atoms with van der Waals surface area (Å²) in [6.07, 6.45) is 1.65. The van der Waals surface area contributed by atoms with Gasteiger partial charge < -0.3 is 13.9 Å². The van der Waals surface area contributed by atoms with E-state index in [9.17, 15) is 5.26 Å². The summed E-state index contributed by atoms with van der Waals surface area (Å²) < 4.78 is 18.6. The molecule has 0 N–H and O–H groups in total. The molecule has 0 aliphatic rings. The first-order chi connectivity index (χ1) is 19.9. The minimum atomic E-state index is 0.233. The zero-order valence-electron chi connectivity index (χ0n) is 22.7. The van der Waals surface area contributed by atoms with Crippen LogP contribution in [0.5, 0.6) is 11.5 Å². The lowest BCUT2D eigenvalue weighted by Crippen LogP contribution is -1.99. The predicted octanol–water partition coefficient (Wildman–Crippen LogP) is 9.86. The molecule has 0 bridgehead atoms. The Morgan fingerprint density at radius 1 is 0.927 bits per heavy atom. The Morgan fingerprint density at radius 3 is 2.17 bits per heavy atom. The molecule has 4 aromatic carbocycles. The van der Waals surface area contributed by atoms with Gasteiger partial charge in [0.2, 0.25) is 5.88 Å². The summed E-state index contributed by atoms with van der Waals surface area (Å²) in [5.74, 6) is 1.94. The van der Waals surface area contributed by atoms with Gasteiger partial charge in [-0.05, 0) is 70.7 Å². The summed E-state index contributed by atoms with van der Waals surface area (Å²) in [6.45, 7) is 4.41. The maximum absolute atomic E-state index is 10.2. The van der Waals surface area contributed by atoms with E-state index in [0.717, 1.165) is 33.4 Å². The van der Waals surface area contributed by atoms with Crippen molar-refractivity contribution in [2.75, 3.05) is 7.11 Å². The molecule has 0 amide bonds. The summed E-state index contributed by atoms with van der Waals surface area (Å²) in [7, 11) is 1.58. The maximum Gasteiger partial charge on any atom is 0.238 e. The van der Waals surface area contributed by atoms with Crippen molar-refractivity contribution in [1.29, 1.82) is 5.26 Å². The number of rotatable bonds is 8. The number of halogens is 2. The first-order valence-electron chi connectivity index (χ1n) is 12.9. The number of methoxy groups -OCH3 is 1. The molecular formula is C34H26BrClN2O3. The van der Waals surface area contributed by atoms with Crippen LogP contribution in [0.1, 0.15) is 27.8 Å². The van der Waals surface area contributed by atoms with Crippen molar-refractivity contribution in [2.24, 2.45) is 4.99 Å². The summed E-state index contributed by atoms with van der Waals surface area (Å²) in [5, 5.41) is 10.9. The average molecular weight is 626 g/mol. The van der Waals surface area contributed by atoms with Crippen LogP contribution in [-0.4, -0.2) is 13.3 Å². The number of nitrogens with zero attached hydrogens (tertiary/aromatic N) is 2. The molecule has 0 aliphatic carbocycles. The first-order valence-corrected chi connectivity index (χ1v) is 14.0. The van der Waals surface area contributed by atoms with Crippen LogP contribution in [0, 0.1) is 25.2 Å². The summed E-state index contributed by atoms with van der Waals surface area (Å²) >= 11 is 9.59. The molecule has 0 saturated heterocycles.